The first kappa shape index (κ1) is 29.1. The molecule has 0 heterocycles. The van der Waals surface area contributed by atoms with Crippen molar-refractivity contribution < 1.29 is 44.3 Å². The number of anilines is 1. The molecule has 204 valence electrons. The van der Waals surface area contributed by atoms with E-state index in [1.165, 1.54) is 19.2 Å². The molecule has 6 nitrogen and oxygen atoms in total. The third kappa shape index (κ3) is 7.08. The number of carbonyl (C=O) groups is 1. The minimum atomic E-state index is -5.11. The number of nitrogens with one attached hydrogen (secondary N) is 1. The van der Waals surface area contributed by atoms with Crippen molar-refractivity contribution in [2.45, 2.75) is 55.4 Å². The Balaban J connectivity index is 1.94. The predicted octanol–water partition coefficient (Wildman–Crippen LogP) is 6.35. The lowest BCUT2D eigenvalue weighted by molar-refractivity contribution is -0.143. The molecule has 2 aromatic carbocycles. The van der Waals surface area contributed by atoms with Crippen molar-refractivity contribution in [1.82, 2.24) is 4.31 Å². The van der Waals surface area contributed by atoms with Crippen LogP contribution < -0.4 is 10.1 Å². The summed E-state index contributed by atoms with van der Waals surface area (Å²) in [5.41, 5.74) is -3.98. The maximum Gasteiger partial charge on any atom is 0.416 e. The van der Waals surface area contributed by atoms with Crippen LogP contribution in [-0.4, -0.2) is 38.3 Å². The molecule has 0 aliphatic heterocycles. The Bertz CT molecular complexity index is 1210. The third-order valence-electron chi connectivity index (χ3n) is 5.88. The van der Waals surface area contributed by atoms with Crippen molar-refractivity contribution in [2.75, 3.05) is 19.0 Å². The Labute approximate surface area is 214 Å². The molecule has 0 spiro atoms. The fourth-order valence-corrected chi connectivity index (χ4v) is 6.08. The molecule has 1 saturated carbocycles. The molecular weight excluding hydrogens is 550 g/mol. The predicted molar refractivity (Wildman–Crippen MR) is 124 cm³/mol. The number of hydrogen-bond donors (Lipinski definition) is 1. The summed E-state index contributed by atoms with van der Waals surface area (Å²) in [4.78, 5) is 12.6. The monoisotopic (exact) mass is 572 g/mol. The molecule has 1 aliphatic rings. The van der Waals surface area contributed by atoms with Crippen LogP contribution in [0.15, 0.2) is 41.3 Å². The zero-order valence-corrected chi connectivity index (χ0v) is 21.0. The summed E-state index contributed by atoms with van der Waals surface area (Å²) in [6, 6.07) is 3.75. The lowest BCUT2D eigenvalue weighted by Gasteiger charge is -2.33. The summed E-state index contributed by atoms with van der Waals surface area (Å²) in [5.74, 6) is -0.881. The molecule has 0 unspecified atom stereocenters. The van der Waals surface area contributed by atoms with Crippen LogP contribution in [0, 0.1) is 0 Å². The lowest BCUT2D eigenvalue weighted by atomic mass is 9.95. The number of halogens is 7. The third-order valence-corrected chi connectivity index (χ3v) is 8.07. The van der Waals surface area contributed by atoms with Gasteiger partial charge in [0.05, 0.1) is 34.7 Å². The molecule has 0 radical (unpaired) electrons. The summed E-state index contributed by atoms with van der Waals surface area (Å²) in [5, 5.41) is 2.00. The Kier molecular flexibility index (Phi) is 8.70. The SMILES string of the molecule is COc1ccc(S(=O)(=O)N(CC(=O)Nc2cc(C(F)(F)F)cc(C(F)(F)F)c2)C2CCCCC2)cc1Cl. The van der Waals surface area contributed by atoms with Gasteiger partial charge >= 0.3 is 12.4 Å². The number of hydrogen-bond acceptors (Lipinski definition) is 4. The quantitative estimate of drug-likeness (QED) is 0.392. The van der Waals surface area contributed by atoms with Crippen LogP contribution in [-0.2, 0) is 27.2 Å². The maximum atomic E-state index is 13.5. The van der Waals surface area contributed by atoms with Crippen LogP contribution in [0.5, 0.6) is 5.75 Å². The second-order valence-electron chi connectivity index (χ2n) is 8.48. The number of alkyl halides is 6. The number of sulfonamides is 1. The Morgan fingerprint density at radius 3 is 2.05 bits per heavy atom. The van der Waals surface area contributed by atoms with Gasteiger partial charge in [0, 0.05) is 11.7 Å². The van der Waals surface area contributed by atoms with Crippen LogP contribution in [0.1, 0.15) is 43.2 Å². The second-order valence-corrected chi connectivity index (χ2v) is 10.8. The largest absolute Gasteiger partial charge is 0.495 e. The van der Waals surface area contributed by atoms with Crippen molar-refractivity contribution in [3.05, 3.63) is 52.5 Å². The average Bonchev–Trinajstić information content (AvgIpc) is 2.81. The first-order chi connectivity index (χ1) is 17.1. The van der Waals surface area contributed by atoms with Gasteiger partial charge in [-0.25, -0.2) is 8.42 Å². The average molecular weight is 573 g/mol. The maximum absolute atomic E-state index is 13.5. The van der Waals surface area contributed by atoms with Crippen molar-refractivity contribution in [2.24, 2.45) is 0 Å². The van der Waals surface area contributed by atoms with Gasteiger partial charge < -0.3 is 10.1 Å². The van der Waals surface area contributed by atoms with E-state index in [1.807, 2.05) is 5.32 Å². The molecule has 1 fully saturated rings. The van der Waals surface area contributed by atoms with E-state index >= 15 is 0 Å². The van der Waals surface area contributed by atoms with Gasteiger partial charge in [-0.15, -0.1) is 0 Å². The van der Waals surface area contributed by atoms with E-state index in [0.29, 0.717) is 37.8 Å². The highest BCUT2D eigenvalue weighted by Crippen LogP contribution is 2.38. The first-order valence-electron chi connectivity index (χ1n) is 11.1. The van der Waals surface area contributed by atoms with Crippen molar-refractivity contribution in [3.8, 4) is 5.75 Å². The van der Waals surface area contributed by atoms with E-state index in [-0.39, 0.29) is 21.7 Å². The fourth-order valence-electron chi connectivity index (χ4n) is 4.09. The van der Waals surface area contributed by atoms with E-state index in [9.17, 15) is 39.6 Å². The summed E-state index contributed by atoms with van der Waals surface area (Å²) in [6.45, 7) is -0.825. The highest BCUT2D eigenvalue weighted by molar-refractivity contribution is 7.89. The molecule has 0 saturated heterocycles. The van der Waals surface area contributed by atoms with Gasteiger partial charge in [0.15, 0.2) is 0 Å². The van der Waals surface area contributed by atoms with Gasteiger partial charge in [0.2, 0.25) is 15.9 Å². The van der Waals surface area contributed by atoms with Gasteiger partial charge in [-0.1, -0.05) is 30.9 Å². The molecule has 0 atom stereocenters. The van der Waals surface area contributed by atoms with Crippen LogP contribution in [0.4, 0.5) is 32.0 Å². The molecule has 1 amide bonds. The van der Waals surface area contributed by atoms with Crippen LogP contribution in [0.3, 0.4) is 0 Å². The smallest absolute Gasteiger partial charge is 0.416 e. The Morgan fingerprint density at radius 1 is 1.00 bits per heavy atom. The fraction of sp³-hybridized carbons (Fsp3) is 0.435. The van der Waals surface area contributed by atoms with E-state index < -0.39 is 57.7 Å². The van der Waals surface area contributed by atoms with Gasteiger partial charge in [-0.2, -0.15) is 30.6 Å². The molecule has 37 heavy (non-hydrogen) atoms. The number of benzene rings is 2. The highest BCUT2D eigenvalue weighted by atomic mass is 35.5. The topological polar surface area (TPSA) is 75.7 Å². The number of ether oxygens (including phenoxy) is 1. The Hall–Kier alpha value is -2.51. The molecule has 3 rings (SSSR count). The van der Waals surface area contributed by atoms with Gasteiger partial charge in [-0.05, 0) is 49.2 Å². The van der Waals surface area contributed by atoms with Crippen LogP contribution >= 0.6 is 11.6 Å². The number of amides is 1. The van der Waals surface area contributed by atoms with E-state index in [4.69, 9.17) is 16.3 Å². The van der Waals surface area contributed by atoms with E-state index in [0.717, 1.165) is 16.8 Å². The number of rotatable bonds is 7. The number of carbonyl (C=O) groups excluding carboxylic acids is 1. The molecular formula is C23H23ClF6N2O4S. The molecule has 0 bridgehead atoms. The standard InChI is InChI=1S/C23H23ClF6N2O4S/c1-36-20-8-7-18(12-19(20)24)37(34,35)32(17-5-3-2-4-6-17)13-21(33)31-16-10-14(22(25,26)27)9-15(11-16)23(28,29)30/h7-12,17H,2-6,13H2,1H3,(H,31,33). The zero-order chi connectivity index (χ0) is 27.6. The molecule has 2 aromatic rings. The summed E-state index contributed by atoms with van der Waals surface area (Å²) in [7, 11) is -2.99. The molecule has 1 N–H and O–H groups in total. The first-order valence-corrected chi connectivity index (χ1v) is 12.9. The van der Waals surface area contributed by atoms with Crippen LogP contribution in [0.2, 0.25) is 5.02 Å². The number of nitrogens with zero attached hydrogens (tertiary/aromatic N) is 1. The normalized spacial score (nSPS) is 15.6. The summed E-state index contributed by atoms with van der Waals surface area (Å²) < 4.78 is 112. The van der Waals surface area contributed by atoms with Gasteiger partial charge in [0.1, 0.15) is 5.75 Å². The minimum Gasteiger partial charge on any atom is -0.495 e. The highest BCUT2D eigenvalue weighted by Gasteiger charge is 2.38. The summed E-state index contributed by atoms with van der Waals surface area (Å²) in [6.07, 6.45) is -7.13. The molecule has 14 heteroatoms. The van der Waals surface area contributed by atoms with Crippen molar-refractivity contribution >= 4 is 33.2 Å². The summed E-state index contributed by atoms with van der Waals surface area (Å²) >= 11 is 6.07. The second kappa shape index (κ2) is 11.1. The van der Waals surface area contributed by atoms with Gasteiger partial charge in [0.25, 0.3) is 0 Å². The van der Waals surface area contributed by atoms with E-state index in [1.54, 1.807) is 0 Å². The van der Waals surface area contributed by atoms with Gasteiger partial charge in [-0.3, -0.25) is 4.79 Å². The molecule has 1 aliphatic carbocycles. The minimum absolute atomic E-state index is 0.000247. The van der Waals surface area contributed by atoms with Crippen LogP contribution in [0.25, 0.3) is 0 Å². The molecule has 0 aromatic heterocycles. The Morgan fingerprint density at radius 2 is 1.57 bits per heavy atom. The van der Waals surface area contributed by atoms with Crippen molar-refractivity contribution in [3.63, 3.8) is 0 Å². The lowest BCUT2D eigenvalue weighted by Crippen LogP contribution is -2.45. The van der Waals surface area contributed by atoms with E-state index in [2.05, 4.69) is 0 Å². The van der Waals surface area contributed by atoms with Crippen molar-refractivity contribution in [1.29, 1.82) is 0 Å². The number of methoxy groups -OCH3 is 1. The zero-order valence-electron chi connectivity index (χ0n) is 19.4.